The fraction of sp³-hybridized carbons (Fsp3) is 0.907. The number of carbonyl (C=O) groups excluding carboxylic acids is 1. The van der Waals surface area contributed by atoms with Crippen LogP contribution in [0.3, 0.4) is 0 Å². The van der Waals surface area contributed by atoms with Crippen molar-refractivity contribution in [2.24, 2.45) is 62.1 Å². The number of nitrogens with zero attached hydrogens (tertiary/aromatic N) is 1. The lowest BCUT2D eigenvalue weighted by atomic mass is 9.32. The molecule has 278 valence electrons. The van der Waals surface area contributed by atoms with Gasteiger partial charge in [-0.1, -0.05) is 46.8 Å². The predicted octanol–water partition coefficient (Wildman–Crippen LogP) is 9.13. The summed E-state index contributed by atoms with van der Waals surface area (Å²) in [5, 5.41) is 13.7. The molecule has 6 heteroatoms. The second-order valence-electron chi connectivity index (χ2n) is 20.5. The largest absolute Gasteiger partial charge is 0.481 e. The monoisotopic (exact) mass is 681 g/mol. The van der Waals surface area contributed by atoms with Gasteiger partial charge in [0.1, 0.15) is 6.10 Å². The molecule has 6 rings (SSSR count). The quantitative estimate of drug-likeness (QED) is 0.187. The average molecular weight is 681 g/mol. The summed E-state index contributed by atoms with van der Waals surface area (Å²) in [4.78, 5) is 27.3. The molecular weight excluding hydrogens is 608 g/mol. The van der Waals surface area contributed by atoms with Crippen LogP contribution in [0.2, 0.25) is 0 Å². The van der Waals surface area contributed by atoms with Crippen molar-refractivity contribution >= 4 is 11.9 Å². The number of hydrogen-bond donors (Lipinski definition) is 2. The van der Waals surface area contributed by atoms with Crippen LogP contribution in [-0.4, -0.2) is 60.8 Å². The van der Waals surface area contributed by atoms with Gasteiger partial charge in [0, 0.05) is 11.5 Å². The Morgan fingerprint density at radius 3 is 2.22 bits per heavy atom. The summed E-state index contributed by atoms with van der Waals surface area (Å²) >= 11 is 0. The van der Waals surface area contributed by atoms with Gasteiger partial charge in [0.25, 0.3) is 0 Å². The fourth-order valence-electron chi connectivity index (χ4n) is 14.3. The Bertz CT molecular complexity index is 1280. The van der Waals surface area contributed by atoms with Gasteiger partial charge in [-0.25, -0.2) is 0 Å². The Labute approximate surface area is 299 Å². The maximum absolute atomic E-state index is 13.1. The van der Waals surface area contributed by atoms with E-state index in [-0.39, 0.29) is 29.3 Å². The zero-order valence-corrected chi connectivity index (χ0v) is 32.9. The van der Waals surface area contributed by atoms with E-state index in [1.165, 1.54) is 95.8 Å². The minimum Gasteiger partial charge on any atom is -0.481 e. The molecule has 5 saturated carbocycles. The van der Waals surface area contributed by atoms with E-state index in [2.05, 4.69) is 65.4 Å². The Balaban J connectivity index is 1.21. The predicted molar refractivity (Wildman–Crippen MR) is 198 cm³/mol. The molecule has 0 spiro atoms. The molecule has 0 aromatic heterocycles. The highest BCUT2D eigenvalue weighted by atomic mass is 16.5. The molecule has 0 aromatic rings. The van der Waals surface area contributed by atoms with E-state index in [9.17, 15) is 14.7 Å². The summed E-state index contributed by atoms with van der Waals surface area (Å²) in [6.45, 7) is 26.6. The third-order valence-corrected chi connectivity index (χ3v) is 17.4. The summed E-state index contributed by atoms with van der Waals surface area (Å²) in [5.41, 5.74) is 1.46. The van der Waals surface area contributed by atoms with Gasteiger partial charge in [-0.2, -0.15) is 0 Å². The molecule has 0 amide bonds. The molecule has 2 N–H and O–H groups in total. The highest BCUT2D eigenvalue weighted by molar-refractivity contribution is 5.81. The molecule has 6 nitrogen and oxygen atoms in total. The number of likely N-dealkylation sites (tertiary alicyclic amines) is 1. The summed E-state index contributed by atoms with van der Waals surface area (Å²) in [5.74, 6) is 2.03. The van der Waals surface area contributed by atoms with Crippen LogP contribution in [0.4, 0.5) is 0 Å². The normalized spacial score (nSPS) is 43.9. The number of ether oxygens (including phenoxy) is 1. The number of esters is 1. The zero-order valence-electron chi connectivity index (χ0n) is 32.9. The van der Waals surface area contributed by atoms with Crippen LogP contribution in [0.1, 0.15) is 145 Å². The van der Waals surface area contributed by atoms with Crippen LogP contribution in [-0.2, 0) is 14.3 Å². The number of aliphatic carboxylic acids is 1. The van der Waals surface area contributed by atoms with Gasteiger partial charge in [-0.05, 0) is 182 Å². The molecule has 1 saturated heterocycles. The van der Waals surface area contributed by atoms with Gasteiger partial charge in [-0.15, -0.1) is 0 Å². The van der Waals surface area contributed by atoms with Crippen LogP contribution in [0, 0.1) is 62.1 Å². The van der Waals surface area contributed by atoms with Crippen LogP contribution in [0.15, 0.2) is 12.2 Å². The summed E-state index contributed by atoms with van der Waals surface area (Å²) in [6.07, 6.45) is 16.2. The van der Waals surface area contributed by atoms with Gasteiger partial charge in [0.05, 0.1) is 11.8 Å². The number of hydrogen-bond acceptors (Lipinski definition) is 5. The minimum absolute atomic E-state index is 0.0840. The van der Waals surface area contributed by atoms with Crippen molar-refractivity contribution in [3.63, 3.8) is 0 Å². The number of piperidine rings is 1. The van der Waals surface area contributed by atoms with Gasteiger partial charge in [0.2, 0.25) is 0 Å². The second kappa shape index (κ2) is 12.9. The molecule has 1 aliphatic heterocycles. The van der Waals surface area contributed by atoms with Crippen LogP contribution < -0.4 is 5.32 Å². The number of carboxylic acid groups (broad SMARTS) is 1. The van der Waals surface area contributed by atoms with Crippen molar-refractivity contribution in [2.75, 3.05) is 26.7 Å². The lowest BCUT2D eigenvalue weighted by molar-refractivity contribution is -0.250. The van der Waals surface area contributed by atoms with E-state index in [0.29, 0.717) is 40.0 Å². The van der Waals surface area contributed by atoms with Gasteiger partial charge in [0.15, 0.2) is 0 Å². The van der Waals surface area contributed by atoms with E-state index in [1.807, 2.05) is 0 Å². The first-order valence-electron chi connectivity index (χ1n) is 20.3. The number of nitrogens with one attached hydrogen (secondary N) is 1. The SMILES string of the molecule is C=C(C)[C@@H]1CC[C@]2(CCNC3CCN(C)CC3)CC[C@]3(C)[C@H](CC[C@@H]4[C@@]5(C)CC[C@H](OC(=O)CC(C)(C)C(=O)O)C(C)(C)[C@@H]5CC[C@]43C)[C@@H]12. The third kappa shape index (κ3) is 6.07. The van der Waals surface area contributed by atoms with Crippen molar-refractivity contribution in [3.8, 4) is 0 Å². The molecule has 1 heterocycles. The summed E-state index contributed by atoms with van der Waals surface area (Å²) in [7, 11) is 2.26. The van der Waals surface area contributed by atoms with Gasteiger partial charge in [-0.3, -0.25) is 9.59 Å². The van der Waals surface area contributed by atoms with E-state index < -0.39 is 11.4 Å². The van der Waals surface area contributed by atoms with Crippen LogP contribution >= 0.6 is 0 Å². The Morgan fingerprint density at radius 2 is 1.57 bits per heavy atom. The number of carboxylic acids is 1. The lowest BCUT2D eigenvalue weighted by Crippen LogP contribution is -2.66. The molecule has 5 aliphatic carbocycles. The number of allylic oxidation sites excluding steroid dienone is 1. The maximum atomic E-state index is 13.1. The van der Waals surface area contributed by atoms with Crippen LogP contribution in [0.25, 0.3) is 0 Å². The molecule has 49 heavy (non-hydrogen) atoms. The van der Waals surface area contributed by atoms with E-state index in [0.717, 1.165) is 24.7 Å². The second-order valence-corrected chi connectivity index (χ2v) is 20.5. The summed E-state index contributed by atoms with van der Waals surface area (Å²) in [6, 6.07) is 0.683. The van der Waals surface area contributed by atoms with Crippen molar-refractivity contribution < 1.29 is 19.4 Å². The number of fused-ring (bicyclic) bond motifs is 7. The molecule has 6 fully saturated rings. The molecule has 0 unspecified atom stereocenters. The molecule has 6 aliphatic rings. The average Bonchev–Trinajstić information content (AvgIpc) is 3.40. The lowest BCUT2D eigenvalue weighted by Gasteiger charge is -2.73. The number of rotatable bonds is 9. The van der Waals surface area contributed by atoms with Gasteiger partial charge >= 0.3 is 11.9 Å². The highest BCUT2D eigenvalue weighted by Gasteiger charge is 2.71. The molecular formula is C43H72N2O4. The number of carbonyl (C=O) groups is 2. The van der Waals surface area contributed by atoms with Crippen molar-refractivity contribution in [1.29, 1.82) is 0 Å². The van der Waals surface area contributed by atoms with E-state index in [1.54, 1.807) is 13.8 Å². The fourth-order valence-corrected chi connectivity index (χ4v) is 14.3. The van der Waals surface area contributed by atoms with Gasteiger partial charge < -0.3 is 20.1 Å². The smallest absolute Gasteiger partial charge is 0.309 e. The minimum atomic E-state index is -1.12. The summed E-state index contributed by atoms with van der Waals surface area (Å²) < 4.78 is 6.20. The van der Waals surface area contributed by atoms with Crippen LogP contribution in [0.5, 0.6) is 0 Å². The highest BCUT2D eigenvalue weighted by Crippen LogP contribution is 2.78. The Hall–Kier alpha value is -1.40. The maximum Gasteiger partial charge on any atom is 0.309 e. The standard InChI is InChI=1S/C43H72N2O4/c1-28(2)30-13-20-43(23-24-44-29-16-25-45(10)26-17-29)22-21-41(8)31(36(30)43)11-12-33-40(7)18-15-34(49-35(46)27-38(3,4)37(47)48)39(5,6)32(40)14-19-42(33,41)9/h29-34,36,44H,1,11-27H2,2-10H3,(H,47,48)/t30-,31+,32-,33+,34-,36+,40-,41+,42+,43+/m0/s1. The van der Waals surface area contributed by atoms with Crippen molar-refractivity contribution in [3.05, 3.63) is 12.2 Å². The van der Waals surface area contributed by atoms with E-state index in [4.69, 9.17) is 4.74 Å². The van der Waals surface area contributed by atoms with E-state index >= 15 is 0 Å². The van der Waals surface area contributed by atoms with Crippen molar-refractivity contribution in [2.45, 2.75) is 157 Å². The zero-order chi connectivity index (χ0) is 35.8. The van der Waals surface area contributed by atoms with Crippen molar-refractivity contribution in [1.82, 2.24) is 10.2 Å². The first kappa shape index (κ1) is 37.4. The first-order valence-corrected chi connectivity index (χ1v) is 20.3. The molecule has 10 atom stereocenters. The third-order valence-electron chi connectivity index (χ3n) is 17.4. The topological polar surface area (TPSA) is 78.9 Å². The molecule has 0 radical (unpaired) electrons. The Kier molecular flexibility index (Phi) is 9.85. The first-order chi connectivity index (χ1) is 22.8. The Morgan fingerprint density at radius 1 is 0.878 bits per heavy atom. The molecule has 0 bridgehead atoms. The molecule has 0 aromatic carbocycles.